The minimum atomic E-state index is -0.435. The average molecular weight is 334 g/mol. The SMILES string of the molecule is CCCCOc1ccccc1/C=C(\C#N)C(=O)Nc1ccc(C)cc1. The predicted octanol–water partition coefficient (Wildman–Crippen LogP) is 4.72. The quantitative estimate of drug-likeness (QED) is 0.453. The number of nitriles is 1. The lowest BCUT2D eigenvalue weighted by molar-refractivity contribution is -0.112. The van der Waals surface area contributed by atoms with Crippen LogP contribution in [0, 0.1) is 18.3 Å². The third-order valence-corrected chi connectivity index (χ3v) is 3.65. The van der Waals surface area contributed by atoms with Crippen LogP contribution >= 0.6 is 0 Å². The van der Waals surface area contributed by atoms with Crippen LogP contribution < -0.4 is 10.1 Å². The third-order valence-electron chi connectivity index (χ3n) is 3.65. The number of amides is 1. The van der Waals surface area contributed by atoms with Gasteiger partial charge >= 0.3 is 0 Å². The highest BCUT2D eigenvalue weighted by Crippen LogP contribution is 2.22. The topological polar surface area (TPSA) is 62.1 Å². The smallest absolute Gasteiger partial charge is 0.266 e. The van der Waals surface area contributed by atoms with E-state index < -0.39 is 5.91 Å². The molecule has 0 atom stereocenters. The molecular formula is C21H22N2O2. The number of carbonyl (C=O) groups is 1. The molecule has 2 aromatic rings. The summed E-state index contributed by atoms with van der Waals surface area (Å²) in [5.41, 5.74) is 2.51. The Morgan fingerprint density at radius 1 is 1.20 bits per heavy atom. The number of aryl methyl sites for hydroxylation is 1. The Labute approximate surface area is 148 Å². The first-order valence-corrected chi connectivity index (χ1v) is 8.35. The van der Waals surface area contributed by atoms with Crippen molar-refractivity contribution in [3.63, 3.8) is 0 Å². The van der Waals surface area contributed by atoms with Crippen molar-refractivity contribution in [3.05, 3.63) is 65.2 Å². The van der Waals surface area contributed by atoms with Crippen LogP contribution in [0.2, 0.25) is 0 Å². The molecule has 0 bridgehead atoms. The Morgan fingerprint density at radius 3 is 2.60 bits per heavy atom. The number of hydrogen-bond acceptors (Lipinski definition) is 3. The van der Waals surface area contributed by atoms with Gasteiger partial charge in [0, 0.05) is 11.3 Å². The first-order chi connectivity index (χ1) is 12.1. The summed E-state index contributed by atoms with van der Waals surface area (Å²) in [4.78, 5) is 12.4. The van der Waals surface area contributed by atoms with Crippen molar-refractivity contribution in [1.29, 1.82) is 5.26 Å². The van der Waals surface area contributed by atoms with Crippen molar-refractivity contribution < 1.29 is 9.53 Å². The predicted molar refractivity (Wildman–Crippen MR) is 100 cm³/mol. The number of rotatable bonds is 7. The second kappa shape index (κ2) is 9.29. The lowest BCUT2D eigenvalue weighted by Crippen LogP contribution is -2.13. The molecule has 1 N–H and O–H groups in total. The molecule has 0 aromatic heterocycles. The summed E-state index contributed by atoms with van der Waals surface area (Å²) >= 11 is 0. The standard InChI is InChI=1S/C21H22N2O2/c1-3-4-13-25-20-8-6-5-7-17(20)14-18(15-22)21(24)23-19-11-9-16(2)10-12-19/h5-12,14H,3-4,13H2,1-2H3,(H,23,24)/b18-14+. The van der Waals surface area contributed by atoms with E-state index in [1.54, 1.807) is 6.08 Å². The van der Waals surface area contributed by atoms with E-state index in [0.717, 1.165) is 18.4 Å². The first kappa shape index (κ1) is 18.3. The average Bonchev–Trinajstić information content (AvgIpc) is 2.63. The number of benzene rings is 2. The molecule has 0 aliphatic heterocycles. The fourth-order valence-electron chi connectivity index (χ4n) is 2.20. The number of unbranched alkanes of at least 4 members (excludes halogenated alkanes) is 1. The summed E-state index contributed by atoms with van der Waals surface area (Å²) in [5, 5.41) is 12.1. The van der Waals surface area contributed by atoms with Gasteiger partial charge in [-0.3, -0.25) is 4.79 Å². The maximum atomic E-state index is 12.4. The van der Waals surface area contributed by atoms with Gasteiger partial charge in [0.2, 0.25) is 0 Å². The van der Waals surface area contributed by atoms with Crippen LogP contribution in [0.3, 0.4) is 0 Å². The van der Waals surface area contributed by atoms with Crippen LogP contribution in [0.5, 0.6) is 5.75 Å². The van der Waals surface area contributed by atoms with E-state index in [1.807, 2.05) is 61.5 Å². The molecule has 2 aromatic carbocycles. The van der Waals surface area contributed by atoms with E-state index in [2.05, 4.69) is 12.2 Å². The molecule has 0 fully saturated rings. The molecule has 0 heterocycles. The molecule has 0 saturated heterocycles. The summed E-state index contributed by atoms with van der Waals surface area (Å²) < 4.78 is 5.75. The maximum Gasteiger partial charge on any atom is 0.266 e. The first-order valence-electron chi connectivity index (χ1n) is 8.35. The molecule has 0 aliphatic rings. The second-order valence-corrected chi connectivity index (χ2v) is 5.73. The van der Waals surface area contributed by atoms with E-state index in [9.17, 15) is 10.1 Å². The minimum absolute atomic E-state index is 0.0344. The Kier molecular flexibility index (Phi) is 6.79. The molecule has 0 spiro atoms. The number of nitrogens with one attached hydrogen (secondary N) is 1. The minimum Gasteiger partial charge on any atom is -0.493 e. The number of anilines is 1. The van der Waals surface area contributed by atoms with Crippen molar-refractivity contribution in [3.8, 4) is 11.8 Å². The van der Waals surface area contributed by atoms with Gasteiger partial charge in [0.15, 0.2) is 0 Å². The Hall–Kier alpha value is -3.06. The van der Waals surface area contributed by atoms with Gasteiger partial charge in [0.1, 0.15) is 17.4 Å². The van der Waals surface area contributed by atoms with Crippen LogP contribution in [0.25, 0.3) is 6.08 Å². The molecule has 0 unspecified atom stereocenters. The highest BCUT2D eigenvalue weighted by Gasteiger charge is 2.11. The number of nitrogens with zero attached hydrogens (tertiary/aromatic N) is 1. The van der Waals surface area contributed by atoms with Gasteiger partial charge in [-0.25, -0.2) is 0 Å². The number of ether oxygens (including phenoxy) is 1. The number of carbonyl (C=O) groups excluding carboxylic acids is 1. The molecule has 0 aliphatic carbocycles. The van der Waals surface area contributed by atoms with Crippen LogP contribution in [-0.4, -0.2) is 12.5 Å². The Bertz CT molecular complexity index is 786. The zero-order valence-electron chi connectivity index (χ0n) is 14.6. The van der Waals surface area contributed by atoms with Crippen molar-refractivity contribution in [2.24, 2.45) is 0 Å². The van der Waals surface area contributed by atoms with Crippen molar-refractivity contribution in [1.82, 2.24) is 0 Å². The maximum absolute atomic E-state index is 12.4. The summed E-state index contributed by atoms with van der Waals surface area (Å²) in [6.45, 7) is 4.68. The summed E-state index contributed by atoms with van der Waals surface area (Å²) in [7, 11) is 0. The molecule has 128 valence electrons. The normalized spacial score (nSPS) is 10.8. The van der Waals surface area contributed by atoms with Gasteiger partial charge in [-0.15, -0.1) is 0 Å². The number of para-hydroxylation sites is 1. The molecule has 2 rings (SSSR count). The monoisotopic (exact) mass is 334 g/mol. The summed E-state index contributed by atoms with van der Waals surface area (Å²) in [5.74, 6) is 0.238. The van der Waals surface area contributed by atoms with Crippen LogP contribution in [-0.2, 0) is 4.79 Å². The lowest BCUT2D eigenvalue weighted by atomic mass is 10.1. The fraction of sp³-hybridized carbons (Fsp3) is 0.238. The fourth-order valence-corrected chi connectivity index (χ4v) is 2.20. The van der Waals surface area contributed by atoms with Gasteiger partial charge in [0.05, 0.1) is 6.61 Å². The molecule has 0 radical (unpaired) electrons. The van der Waals surface area contributed by atoms with Crippen LogP contribution in [0.1, 0.15) is 30.9 Å². The zero-order chi connectivity index (χ0) is 18.1. The highest BCUT2D eigenvalue weighted by atomic mass is 16.5. The van der Waals surface area contributed by atoms with E-state index in [4.69, 9.17) is 4.74 Å². The van der Waals surface area contributed by atoms with E-state index in [1.165, 1.54) is 0 Å². The van der Waals surface area contributed by atoms with E-state index >= 15 is 0 Å². The molecule has 25 heavy (non-hydrogen) atoms. The highest BCUT2D eigenvalue weighted by molar-refractivity contribution is 6.09. The molecular weight excluding hydrogens is 312 g/mol. The zero-order valence-corrected chi connectivity index (χ0v) is 14.6. The summed E-state index contributed by atoms with van der Waals surface area (Å²) in [6, 6.07) is 16.8. The largest absolute Gasteiger partial charge is 0.493 e. The van der Waals surface area contributed by atoms with Crippen molar-refractivity contribution in [2.75, 3.05) is 11.9 Å². The Morgan fingerprint density at radius 2 is 1.92 bits per heavy atom. The van der Waals surface area contributed by atoms with Crippen LogP contribution in [0.15, 0.2) is 54.1 Å². The molecule has 4 nitrogen and oxygen atoms in total. The molecule has 0 saturated carbocycles. The van der Waals surface area contributed by atoms with Gasteiger partial charge in [-0.2, -0.15) is 5.26 Å². The second-order valence-electron chi connectivity index (χ2n) is 5.73. The van der Waals surface area contributed by atoms with Crippen LogP contribution in [0.4, 0.5) is 5.69 Å². The van der Waals surface area contributed by atoms with Crippen molar-refractivity contribution in [2.45, 2.75) is 26.7 Å². The van der Waals surface area contributed by atoms with Crippen molar-refractivity contribution >= 4 is 17.7 Å². The van der Waals surface area contributed by atoms with Gasteiger partial charge in [-0.1, -0.05) is 49.2 Å². The van der Waals surface area contributed by atoms with E-state index in [-0.39, 0.29) is 5.57 Å². The number of hydrogen-bond donors (Lipinski definition) is 1. The van der Waals surface area contributed by atoms with Gasteiger partial charge in [0.25, 0.3) is 5.91 Å². The van der Waals surface area contributed by atoms with Gasteiger partial charge in [-0.05, 0) is 37.6 Å². The summed E-state index contributed by atoms with van der Waals surface area (Å²) in [6.07, 6.45) is 3.56. The van der Waals surface area contributed by atoms with E-state index in [0.29, 0.717) is 23.6 Å². The molecule has 4 heteroatoms. The third kappa shape index (κ3) is 5.50. The van der Waals surface area contributed by atoms with Gasteiger partial charge < -0.3 is 10.1 Å². The molecule has 1 amide bonds. The lowest BCUT2D eigenvalue weighted by Gasteiger charge is -2.09. The Balaban J connectivity index is 2.17.